The minimum absolute atomic E-state index is 0.313. The van der Waals surface area contributed by atoms with Crippen LogP contribution in [-0.2, 0) is 0 Å². The van der Waals surface area contributed by atoms with E-state index in [0.29, 0.717) is 44.1 Å². The van der Waals surface area contributed by atoms with E-state index in [0.717, 1.165) is 27.5 Å². The van der Waals surface area contributed by atoms with Crippen molar-refractivity contribution < 1.29 is 18.8 Å². The van der Waals surface area contributed by atoms with Crippen molar-refractivity contribution in [1.82, 2.24) is 4.98 Å². The number of anilines is 2. The molecule has 212 valence electrons. The van der Waals surface area contributed by atoms with Crippen molar-refractivity contribution in [3.8, 4) is 11.1 Å². The lowest BCUT2D eigenvalue weighted by molar-refractivity contribution is 0.0997. The molecule has 6 rings (SSSR count). The lowest BCUT2D eigenvalue weighted by Crippen LogP contribution is -2.13. The van der Waals surface area contributed by atoms with Gasteiger partial charge in [-0.25, -0.2) is 4.39 Å². The molecule has 0 aliphatic heterocycles. The molecular weight excluding hydrogens is 567 g/mol. The van der Waals surface area contributed by atoms with Crippen molar-refractivity contribution in [2.24, 2.45) is 5.73 Å². The van der Waals surface area contributed by atoms with Gasteiger partial charge in [-0.2, -0.15) is 0 Å². The highest BCUT2D eigenvalue weighted by molar-refractivity contribution is 6.31. The number of amides is 3. The monoisotopic (exact) mass is 590 g/mol. The number of nitrogens with two attached hydrogens (primary N) is 1. The summed E-state index contributed by atoms with van der Waals surface area (Å²) < 4.78 is 13.3. The topological polar surface area (TPSA) is 117 Å². The van der Waals surface area contributed by atoms with Crippen molar-refractivity contribution in [3.05, 3.63) is 130 Å². The summed E-state index contributed by atoms with van der Waals surface area (Å²) >= 11 is 6.04. The maximum atomic E-state index is 13.3. The molecule has 0 radical (unpaired) electrons. The molecule has 0 bridgehead atoms. The number of rotatable bonds is 6. The van der Waals surface area contributed by atoms with Gasteiger partial charge in [0.25, 0.3) is 17.7 Å². The van der Waals surface area contributed by atoms with Crippen molar-refractivity contribution >= 4 is 62.5 Å². The average molecular weight is 591 g/mol. The van der Waals surface area contributed by atoms with E-state index < -0.39 is 11.7 Å². The maximum absolute atomic E-state index is 13.3. The third kappa shape index (κ3) is 5.31. The normalized spacial score (nSPS) is 11.0. The summed E-state index contributed by atoms with van der Waals surface area (Å²) in [5.74, 6) is -1.69. The summed E-state index contributed by atoms with van der Waals surface area (Å²) in [4.78, 5) is 41.4. The molecule has 3 amide bonds. The minimum atomic E-state index is -0.588. The Balaban J connectivity index is 1.42. The number of H-pyrrole nitrogens is 1. The number of primary amides is 1. The Labute approximate surface area is 250 Å². The first-order valence-corrected chi connectivity index (χ1v) is 13.7. The number of hydrogen-bond acceptors (Lipinski definition) is 3. The van der Waals surface area contributed by atoms with Crippen molar-refractivity contribution in [3.63, 3.8) is 0 Å². The van der Waals surface area contributed by atoms with Crippen LogP contribution in [0.25, 0.3) is 32.9 Å². The van der Waals surface area contributed by atoms with Gasteiger partial charge in [-0.3, -0.25) is 14.4 Å². The number of fused-ring (bicyclic) bond motifs is 3. The van der Waals surface area contributed by atoms with Crippen LogP contribution in [0.4, 0.5) is 15.8 Å². The number of hydrogen-bond donors (Lipinski definition) is 4. The number of halogens is 2. The fourth-order valence-electron chi connectivity index (χ4n) is 5.21. The summed E-state index contributed by atoms with van der Waals surface area (Å²) in [6, 6.07) is 26.5. The van der Waals surface area contributed by atoms with Crippen LogP contribution < -0.4 is 16.4 Å². The Morgan fingerprint density at radius 3 is 2.28 bits per heavy atom. The first-order valence-electron chi connectivity index (χ1n) is 13.3. The van der Waals surface area contributed by atoms with Gasteiger partial charge in [0.1, 0.15) is 5.82 Å². The highest BCUT2D eigenvalue weighted by Gasteiger charge is 2.19. The number of aromatic nitrogens is 1. The highest BCUT2D eigenvalue weighted by atomic mass is 35.5. The molecule has 1 heterocycles. The zero-order valence-corrected chi connectivity index (χ0v) is 23.6. The highest BCUT2D eigenvalue weighted by Crippen LogP contribution is 2.39. The SMILES string of the molecule is Cc1c(NC(=O)c2ccc(F)cc2)cccc1-c1ccc(C(N)=O)c2[nH]c3cc(NC(=O)c4cccc(Cl)c4)ccc3c12. The number of benzene rings is 5. The fraction of sp³-hybridized carbons (Fsp3) is 0.0294. The second-order valence-electron chi connectivity index (χ2n) is 10.1. The maximum Gasteiger partial charge on any atom is 0.255 e. The third-order valence-electron chi connectivity index (χ3n) is 7.34. The van der Waals surface area contributed by atoms with Gasteiger partial charge < -0.3 is 21.4 Å². The van der Waals surface area contributed by atoms with E-state index in [4.69, 9.17) is 17.3 Å². The summed E-state index contributed by atoms with van der Waals surface area (Å²) in [5.41, 5.74) is 11.6. The summed E-state index contributed by atoms with van der Waals surface area (Å²) in [6.07, 6.45) is 0. The summed E-state index contributed by atoms with van der Waals surface area (Å²) in [7, 11) is 0. The first-order chi connectivity index (χ1) is 20.7. The van der Waals surface area contributed by atoms with Crippen LogP contribution in [0.2, 0.25) is 5.02 Å². The van der Waals surface area contributed by atoms with Gasteiger partial charge in [0.15, 0.2) is 0 Å². The smallest absolute Gasteiger partial charge is 0.255 e. The van der Waals surface area contributed by atoms with Crippen LogP contribution in [0, 0.1) is 12.7 Å². The van der Waals surface area contributed by atoms with E-state index in [-0.39, 0.29) is 11.8 Å². The first kappa shape index (κ1) is 27.7. The lowest BCUT2D eigenvalue weighted by Gasteiger charge is -2.15. The molecule has 5 N–H and O–H groups in total. The summed E-state index contributed by atoms with van der Waals surface area (Å²) in [6.45, 7) is 1.89. The molecule has 0 atom stereocenters. The van der Waals surface area contributed by atoms with Gasteiger partial charge in [-0.15, -0.1) is 0 Å². The molecule has 5 aromatic carbocycles. The van der Waals surface area contributed by atoms with E-state index in [1.807, 2.05) is 31.2 Å². The number of aromatic amines is 1. The van der Waals surface area contributed by atoms with E-state index in [1.54, 1.807) is 48.5 Å². The Morgan fingerprint density at radius 1 is 0.791 bits per heavy atom. The van der Waals surface area contributed by atoms with Crippen LogP contribution in [0.3, 0.4) is 0 Å². The van der Waals surface area contributed by atoms with E-state index in [9.17, 15) is 18.8 Å². The third-order valence-corrected chi connectivity index (χ3v) is 7.58. The summed E-state index contributed by atoms with van der Waals surface area (Å²) in [5, 5.41) is 7.84. The van der Waals surface area contributed by atoms with Gasteiger partial charge in [0.05, 0.1) is 11.1 Å². The molecule has 0 saturated carbocycles. The molecule has 9 heteroatoms. The van der Waals surface area contributed by atoms with Crippen LogP contribution in [0.1, 0.15) is 36.6 Å². The number of carbonyl (C=O) groups is 3. The van der Waals surface area contributed by atoms with E-state index >= 15 is 0 Å². The molecule has 0 saturated heterocycles. The average Bonchev–Trinajstić information content (AvgIpc) is 3.37. The minimum Gasteiger partial charge on any atom is -0.366 e. The van der Waals surface area contributed by atoms with Gasteiger partial charge in [0, 0.05) is 43.8 Å². The molecule has 0 spiro atoms. The molecule has 7 nitrogen and oxygen atoms in total. The lowest BCUT2D eigenvalue weighted by atomic mass is 9.93. The molecule has 43 heavy (non-hydrogen) atoms. The zero-order chi connectivity index (χ0) is 30.2. The van der Waals surface area contributed by atoms with Crippen molar-refractivity contribution in [2.45, 2.75) is 6.92 Å². The molecule has 1 aromatic heterocycles. The molecule has 6 aromatic rings. The van der Waals surface area contributed by atoms with Gasteiger partial charge in [-0.05, 0) is 90.3 Å². The molecule has 0 aliphatic rings. The van der Waals surface area contributed by atoms with Crippen LogP contribution in [0.5, 0.6) is 0 Å². The Hall–Kier alpha value is -5.47. The van der Waals surface area contributed by atoms with Crippen molar-refractivity contribution in [1.29, 1.82) is 0 Å². The Kier molecular flexibility index (Phi) is 7.13. The predicted octanol–water partition coefficient (Wildman–Crippen LogP) is 7.69. The second kappa shape index (κ2) is 11.1. The molecule has 0 fully saturated rings. The van der Waals surface area contributed by atoms with E-state index in [1.165, 1.54) is 24.3 Å². The standard InChI is InChI=1S/C34H24ClFN4O3/c1-18-24(6-3-7-28(18)40-33(42)19-8-10-22(36)11-9-19)25-14-15-27(32(37)41)31-30(25)26-13-12-23(17-29(26)39-31)38-34(43)20-4-2-5-21(35)16-20/h2-17,39H,1H3,(H2,37,41)(H,38,43)(H,40,42). The van der Waals surface area contributed by atoms with Gasteiger partial charge in [0.2, 0.25) is 0 Å². The van der Waals surface area contributed by atoms with Crippen molar-refractivity contribution in [2.75, 3.05) is 10.6 Å². The molecule has 0 aliphatic carbocycles. The zero-order valence-electron chi connectivity index (χ0n) is 22.8. The molecule has 0 unspecified atom stereocenters. The number of carbonyl (C=O) groups excluding carboxylic acids is 3. The number of nitrogens with one attached hydrogen (secondary N) is 3. The fourth-order valence-corrected chi connectivity index (χ4v) is 5.40. The van der Waals surface area contributed by atoms with E-state index in [2.05, 4.69) is 15.6 Å². The van der Waals surface area contributed by atoms with Gasteiger partial charge in [-0.1, -0.05) is 41.9 Å². The second-order valence-corrected chi connectivity index (χ2v) is 10.5. The largest absolute Gasteiger partial charge is 0.366 e. The van der Waals surface area contributed by atoms with Gasteiger partial charge >= 0.3 is 0 Å². The quantitative estimate of drug-likeness (QED) is 0.159. The Bertz CT molecular complexity index is 2090. The van der Waals surface area contributed by atoms with Crippen LogP contribution >= 0.6 is 11.6 Å². The predicted molar refractivity (Wildman–Crippen MR) is 168 cm³/mol. The van der Waals surface area contributed by atoms with Crippen LogP contribution in [-0.4, -0.2) is 22.7 Å². The Morgan fingerprint density at radius 2 is 1.53 bits per heavy atom. The molecular formula is C34H24ClFN4O3. The van der Waals surface area contributed by atoms with Crippen LogP contribution in [0.15, 0.2) is 97.1 Å².